The van der Waals surface area contributed by atoms with Gasteiger partial charge in [-0.05, 0) is 48.2 Å². The second-order valence-corrected chi connectivity index (χ2v) is 4.97. The molecular formula is C17H21N3O. The number of fused-ring (bicyclic) bond motifs is 1. The van der Waals surface area contributed by atoms with E-state index >= 15 is 0 Å². The molecule has 0 aromatic heterocycles. The van der Waals surface area contributed by atoms with Crippen LogP contribution in [-0.4, -0.2) is 19.9 Å². The summed E-state index contributed by atoms with van der Waals surface area (Å²) in [5.74, 6) is 0.847. The van der Waals surface area contributed by atoms with Crippen molar-refractivity contribution in [1.29, 1.82) is 0 Å². The molecule has 0 fully saturated rings. The summed E-state index contributed by atoms with van der Waals surface area (Å²) in [5.41, 5.74) is 16.4. The van der Waals surface area contributed by atoms with Gasteiger partial charge in [0, 0.05) is 30.2 Å². The van der Waals surface area contributed by atoms with Gasteiger partial charge in [-0.3, -0.25) is 4.99 Å². The number of ether oxygens (including phenoxy) is 1. The fourth-order valence-electron chi connectivity index (χ4n) is 2.15. The van der Waals surface area contributed by atoms with E-state index in [0.717, 1.165) is 35.7 Å². The van der Waals surface area contributed by atoms with Gasteiger partial charge in [-0.1, -0.05) is 12.1 Å². The Kier molecular flexibility index (Phi) is 4.82. The second kappa shape index (κ2) is 6.79. The molecule has 0 bridgehead atoms. The molecule has 1 aliphatic rings. The Bertz CT molecular complexity index is 650. The third kappa shape index (κ3) is 3.99. The Morgan fingerprint density at radius 2 is 1.76 bits per heavy atom. The molecule has 1 aliphatic heterocycles. The van der Waals surface area contributed by atoms with Gasteiger partial charge in [0.05, 0.1) is 7.11 Å². The maximum atomic E-state index is 5.64. The van der Waals surface area contributed by atoms with Gasteiger partial charge in [0.1, 0.15) is 5.75 Å². The Morgan fingerprint density at radius 3 is 2.48 bits per heavy atom. The third-order valence-electron chi connectivity index (χ3n) is 3.34. The third-order valence-corrected chi connectivity index (χ3v) is 3.34. The van der Waals surface area contributed by atoms with Crippen molar-refractivity contribution in [1.82, 2.24) is 0 Å². The molecule has 0 amide bonds. The summed E-state index contributed by atoms with van der Waals surface area (Å²) in [7, 11) is 1.64. The van der Waals surface area contributed by atoms with Crippen LogP contribution in [0.1, 0.15) is 16.7 Å². The SMILES string of the molecule is COc1cc(N)ccc1C.Nc1ccc2c(c1)CCN=C2. The van der Waals surface area contributed by atoms with Crippen LogP contribution in [0.15, 0.2) is 41.4 Å². The number of nitrogens with zero attached hydrogens (tertiary/aromatic N) is 1. The van der Waals surface area contributed by atoms with Crippen LogP contribution >= 0.6 is 0 Å². The fourth-order valence-corrected chi connectivity index (χ4v) is 2.15. The van der Waals surface area contributed by atoms with Crippen LogP contribution in [0, 0.1) is 6.92 Å². The smallest absolute Gasteiger partial charge is 0.123 e. The Hall–Kier alpha value is -2.49. The van der Waals surface area contributed by atoms with Gasteiger partial charge in [-0.25, -0.2) is 0 Å². The summed E-state index contributed by atoms with van der Waals surface area (Å²) in [6.45, 7) is 2.88. The lowest BCUT2D eigenvalue weighted by Crippen LogP contribution is -2.03. The highest BCUT2D eigenvalue weighted by Gasteiger charge is 2.03. The summed E-state index contributed by atoms with van der Waals surface area (Å²) in [6.07, 6.45) is 2.94. The monoisotopic (exact) mass is 283 g/mol. The molecule has 4 N–H and O–H groups in total. The zero-order valence-corrected chi connectivity index (χ0v) is 12.5. The van der Waals surface area contributed by atoms with Gasteiger partial charge in [0.15, 0.2) is 0 Å². The van der Waals surface area contributed by atoms with Gasteiger partial charge < -0.3 is 16.2 Å². The first-order valence-electron chi connectivity index (χ1n) is 6.88. The maximum Gasteiger partial charge on any atom is 0.123 e. The van der Waals surface area contributed by atoms with E-state index in [2.05, 4.69) is 4.99 Å². The van der Waals surface area contributed by atoms with Crippen molar-refractivity contribution in [2.24, 2.45) is 4.99 Å². The van der Waals surface area contributed by atoms with Crippen molar-refractivity contribution >= 4 is 17.6 Å². The van der Waals surface area contributed by atoms with Crippen molar-refractivity contribution in [3.05, 3.63) is 53.1 Å². The number of nitrogen functional groups attached to an aromatic ring is 2. The zero-order chi connectivity index (χ0) is 15.2. The Labute approximate surface area is 125 Å². The molecule has 0 saturated carbocycles. The van der Waals surface area contributed by atoms with E-state index in [0.29, 0.717) is 0 Å². The summed E-state index contributed by atoms with van der Waals surface area (Å²) in [6, 6.07) is 11.6. The van der Waals surface area contributed by atoms with E-state index in [4.69, 9.17) is 16.2 Å². The fraction of sp³-hybridized carbons (Fsp3) is 0.235. The molecule has 2 aromatic rings. The van der Waals surface area contributed by atoms with Gasteiger partial charge in [-0.2, -0.15) is 0 Å². The van der Waals surface area contributed by atoms with Crippen LogP contribution in [-0.2, 0) is 6.42 Å². The first-order valence-corrected chi connectivity index (χ1v) is 6.88. The molecule has 0 atom stereocenters. The molecule has 0 aliphatic carbocycles. The predicted molar refractivity (Wildman–Crippen MR) is 89.2 cm³/mol. The first-order chi connectivity index (χ1) is 10.1. The summed E-state index contributed by atoms with van der Waals surface area (Å²) < 4.78 is 5.05. The molecule has 0 radical (unpaired) electrons. The van der Waals surface area contributed by atoms with Crippen LogP contribution in [0.4, 0.5) is 11.4 Å². The molecule has 2 aromatic carbocycles. The molecule has 4 heteroatoms. The topological polar surface area (TPSA) is 73.6 Å². The first kappa shape index (κ1) is 14.9. The Morgan fingerprint density at radius 1 is 1.05 bits per heavy atom. The van der Waals surface area contributed by atoms with Gasteiger partial charge >= 0.3 is 0 Å². The molecule has 21 heavy (non-hydrogen) atoms. The molecule has 0 saturated heterocycles. The van der Waals surface area contributed by atoms with Crippen molar-refractivity contribution in [3.8, 4) is 5.75 Å². The number of methoxy groups -OCH3 is 1. The number of rotatable bonds is 1. The number of aliphatic imine (C=N–C) groups is 1. The van der Waals surface area contributed by atoms with Crippen LogP contribution in [0.2, 0.25) is 0 Å². The van der Waals surface area contributed by atoms with Crippen molar-refractivity contribution < 1.29 is 4.74 Å². The van der Waals surface area contributed by atoms with E-state index < -0.39 is 0 Å². The van der Waals surface area contributed by atoms with E-state index in [1.165, 1.54) is 11.1 Å². The lowest BCUT2D eigenvalue weighted by molar-refractivity contribution is 0.412. The lowest BCUT2D eigenvalue weighted by Gasteiger charge is -2.09. The van der Waals surface area contributed by atoms with Crippen molar-refractivity contribution in [3.63, 3.8) is 0 Å². The standard InChI is InChI=1S/C9H10N2.C8H11NO/c10-9-2-1-8-6-11-4-3-7(8)5-9;1-6-3-4-7(9)5-8(6)10-2/h1-2,5-6H,3-4,10H2;3-5H,9H2,1-2H3. The lowest BCUT2D eigenvalue weighted by atomic mass is 10.0. The number of nitrogens with two attached hydrogens (primary N) is 2. The Balaban J connectivity index is 0.000000155. The molecule has 0 spiro atoms. The normalized spacial score (nSPS) is 12.1. The van der Waals surface area contributed by atoms with Gasteiger partial charge in [0.2, 0.25) is 0 Å². The largest absolute Gasteiger partial charge is 0.496 e. The number of benzene rings is 2. The highest BCUT2D eigenvalue weighted by Crippen LogP contribution is 2.19. The number of hydrogen-bond donors (Lipinski definition) is 2. The number of anilines is 2. The van der Waals surface area contributed by atoms with E-state index in [9.17, 15) is 0 Å². The number of hydrogen-bond acceptors (Lipinski definition) is 4. The highest BCUT2D eigenvalue weighted by atomic mass is 16.5. The van der Waals surface area contributed by atoms with Crippen LogP contribution < -0.4 is 16.2 Å². The van der Waals surface area contributed by atoms with E-state index in [-0.39, 0.29) is 0 Å². The number of aryl methyl sites for hydroxylation is 1. The minimum Gasteiger partial charge on any atom is -0.496 e. The van der Waals surface area contributed by atoms with Crippen LogP contribution in [0.25, 0.3) is 0 Å². The van der Waals surface area contributed by atoms with E-state index in [1.54, 1.807) is 7.11 Å². The quantitative estimate of drug-likeness (QED) is 0.790. The minimum atomic E-state index is 0.738. The highest BCUT2D eigenvalue weighted by molar-refractivity contribution is 5.83. The molecular weight excluding hydrogens is 262 g/mol. The van der Waals surface area contributed by atoms with Gasteiger partial charge in [0.25, 0.3) is 0 Å². The summed E-state index contributed by atoms with van der Waals surface area (Å²) in [5, 5.41) is 0. The van der Waals surface area contributed by atoms with Crippen LogP contribution in [0.5, 0.6) is 5.75 Å². The average Bonchev–Trinajstić information content (AvgIpc) is 2.50. The molecule has 0 unspecified atom stereocenters. The molecule has 110 valence electrons. The summed E-state index contributed by atoms with van der Waals surface area (Å²) in [4.78, 5) is 4.18. The molecule has 1 heterocycles. The molecule has 3 rings (SSSR count). The molecule has 4 nitrogen and oxygen atoms in total. The average molecular weight is 283 g/mol. The van der Waals surface area contributed by atoms with Crippen molar-refractivity contribution in [2.75, 3.05) is 25.1 Å². The maximum absolute atomic E-state index is 5.64. The van der Waals surface area contributed by atoms with Crippen LogP contribution in [0.3, 0.4) is 0 Å². The summed E-state index contributed by atoms with van der Waals surface area (Å²) >= 11 is 0. The zero-order valence-electron chi connectivity index (χ0n) is 12.5. The second-order valence-electron chi connectivity index (χ2n) is 4.97. The minimum absolute atomic E-state index is 0.738. The van der Waals surface area contributed by atoms with Crippen molar-refractivity contribution in [2.45, 2.75) is 13.3 Å². The van der Waals surface area contributed by atoms with Gasteiger partial charge in [-0.15, -0.1) is 0 Å². The predicted octanol–water partition coefficient (Wildman–Crippen LogP) is 2.83. The van der Waals surface area contributed by atoms with E-state index in [1.807, 2.05) is 49.5 Å².